The zero-order valence-corrected chi connectivity index (χ0v) is 50.0. The number of likely N-dealkylation sites (N-methyl/N-ethyl adjacent to an activating group) is 2. The molecule has 0 unspecified atom stereocenters. The number of halogens is 1. The van der Waals surface area contributed by atoms with E-state index in [0.717, 1.165) is 12.8 Å². The molecule has 0 radical (unpaired) electrons. The predicted molar refractivity (Wildman–Crippen MR) is 296 cm³/mol. The number of esters is 1. The van der Waals surface area contributed by atoms with Gasteiger partial charge in [0, 0.05) is 63.5 Å². The molecule has 2 aromatic rings. The van der Waals surface area contributed by atoms with Crippen molar-refractivity contribution in [1.82, 2.24) is 19.7 Å². The van der Waals surface area contributed by atoms with E-state index in [1.807, 2.05) is 44.8 Å². The van der Waals surface area contributed by atoms with Crippen molar-refractivity contribution in [3.05, 3.63) is 39.1 Å². The van der Waals surface area contributed by atoms with Gasteiger partial charge in [-0.05, 0) is 126 Å². The van der Waals surface area contributed by atoms with Gasteiger partial charge in [-0.1, -0.05) is 32.4 Å². The number of aliphatic hydroxyl groups is 4. The second-order valence-electron chi connectivity index (χ2n) is 23.9. The average Bonchev–Trinajstić information content (AvgIpc) is 4.24. The van der Waals surface area contributed by atoms with Crippen LogP contribution >= 0.6 is 11.6 Å². The fourth-order valence-corrected chi connectivity index (χ4v) is 12.3. The summed E-state index contributed by atoms with van der Waals surface area (Å²) in [7, 11) is 7.03. The highest BCUT2D eigenvalue weighted by Crippen LogP contribution is 2.42. The molecule has 1 aromatic carbocycles. The van der Waals surface area contributed by atoms with Crippen LogP contribution in [0.4, 0.5) is 4.79 Å². The number of hydrogen-bond donors (Lipinski definition) is 6. The molecule has 6 N–H and O–H groups in total. The summed E-state index contributed by atoms with van der Waals surface area (Å²) < 4.78 is 58.0. The van der Waals surface area contributed by atoms with Crippen LogP contribution in [0.25, 0.3) is 10.9 Å². The monoisotopic (exact) mass is 1150 g/mol. The third kappa shape index (κ3) is 15.3. The Morgan fingerprint density at radius 2 is 1.64 bits per heavy atom. The van der Waals surface area contributed by atoms with Crippen LogP contribution < -0.4 is 15.5 Å². The zero-order chi connectivity index (χ0) is 59.3. The van der Waals surface area contributed by atoms with E-state index in [1.54, 1.807) is 59.1 Å². The molecule has 0 bridgehead atoms. The maximum Gasteiger partial charge on any atom is 0.407 e. The van der Waals surface area contributed by atoms with E-state index in [9.17, 15) is 44.7 Å². The lowest BCUT2D eigenvalue weighted by molar-refractivity contribution is -0.317. The topological polar surface area (TPSA) is 276 Å². The minimum Gasteiger partial charge on any atom is -0.490 e. The number of methoxy groups -OCH3 is 1. The molecule has 3 aliphatic heterocycles. The van der Waals surface area contributed by atoms with E-state index in [1.165, 1.54) is 26.3 Å². The van der Waals surface area contributed by atoms with Gasteiger partial charge in [0.2, 0.25) is 5.43 Å². The van der Waals surface area contributed by atoms with Gasteiger partial charge in [0.05, 0.1) is 58.5 Å². The van der Waals surface area contributed by atoms with Crippen LogP contribution in [0.1, 0.15) is 131 Å². The Kier molecular flexibility index (Phi) is 22.3. The Labute approximate surface area is 475 Å². The third-order valence-electron chi connectivity index (χ3n) is 16.9. The maximum atomic E-state index is 14.6. The number of fused-ring (bicyclic) bond motifs is 1. The number of hydrogen-bond acceptors (Lipinski definition) is 19. The molecule has 80 heavy (non-hydrogen) atoms. The number of carboxylic acids is 1. The fourth-order valence-electron chi connectivity index (χ4n) is 12.0. The number of carboxylic acid groups (broad SMARTS) is 1. The van der Waals surface area contributed by atoms with Gasteiger partial charge in [0.15, 0.2) is 18.7 Å². The summed E-state index contributed by atoms with van der Waals surface area (Å²) in [5, 5.41) is 61.0. The van der Waals surface area contributed by atoms with Crippen molar-refractivity contribution < 1.29 is 82.5 Å². The number of carbonyl (C=O) groups is 3. The number of aromatic nitrogens is 1. The largest absolute Gasteiger partial charge is 0.490 e. The summed E-state index contributed by atoms with van der Waals surface area (Å²) in [5.41, 5.74) is -5.13. The van der Waals surface area contributed by atoms with Crippen LogP contribution in [-0.4, -0.2) is 209 Å². The number of rotatable bonds is 18. The van der Waals surface area contributed by atoms with Gasteiger partial charge < -0.3 is 87.8 Å². The SMILES string of the molecule is CC[C@H]1OC(=O)[C@H](C)[C@@H](O[C@H]2C[C@@](C)(OC)[C@@H](OC(=O)NCCCOCCOc3cc4c(=O)c(C(=O)O)cn(C5CC5)c4cc3Cl)[C@H](C)O2)[C@H](C)[C@@H](O[C@@H]2O[C@H](C)C[C@H](N(C)C)[C@H]2O)[C@](C)(O)C[C@@H](C)CN(C)[C@H](C)[C@@H](O)[C@]1(C)O. The lowest BCUT2D eigenvalue weighted by Gasteiger charge is -2.49. The molecular formula is C57H91ClN4O18. The number of pyridine rings is 1. The quantitative estimate of drug-likeness (QED) is 0.0835. The lowest BCUT2D eigenvalue weighted by atomic mass is 9.77. The number of nitrogens with zero attached hydrogens (tertiary/aromatic N) is 3. The van der Waals surface area contributed by atoms with E-state index < -0.39 is 113 Å². The molecule has 18 atom stereocenters. The number of ether oxygens (including phenoxy) is 9. The first kappa shape index (κ1) is 65.4. The van der Waals surface area contributed by atoms with E-state index in [-0.39, 0.29) is 91.5 Å². The van der Waals surface area contributed by atoms with Crippen molar-refractivity contribution >= 4 is 40.5 Å². The first-order chi connectivity index (χ1) is 37.5. The van der Waals surface area contributed by atoms with Gasteiger partial charge in [0.1, 0.15) is 47.4 Å². The number of nitrogens with one attached hydrogen (secondary N) is 1. The molecule has 0 spiro atoms. The van der Waals surface area contributed by atoms with E-state index in [4.69, 9.17) is 54.2 Å². The molecular weight excluding hydrogens is 1060 g/mol. The van der Waals surface area contributed by atoms with E-state index in [2.05, 4.69) is 5.32 Å². The average molecular weight is 1160 g/mol. The Bertz CT molecular complexity index is 2480. The normalized spacial score (nSPS) is 37.1. The number of benzene rings is 1. The van der Waals surface area contributed by atoms with Crippen LogP contribution in [0.2, 0.25) is 5.02 Å². The van der Waals surface area contributed by atoms with Crippen molar-refractivity contribution in [3.8, 4) is 5.75 Å². The van der Waals surface area contributed by atoms with Crippen molar-refractivity contribution in [1.29, 1.82) is 0 Å². The highest BCUT2D eigenvalue weighted by molar-refractivity contribution is 6.32. The Morgan fingerprint density at radius 1 is 0.950 bits per heavy atom. The highest BCUT2D eigenvalue weighted by atomic mass is 35.5. The number of cyclic esters (lactones) is 1. The molecule has 3 saturated heterocycles. The van der Waals surface area contributed by atoms with Crippen LogP contribution in [0.3, 0.4) is 0 Å². The number of aliphatic hydroxyl groups excluding tert-OH is 2. The molecule has 22 nitrogen and oxygen atoms in total. The lowest BCUT2D eigenvalue weighted by Crippen LogP contribution is -2.61. The first-order valence-corrected chi connectivity index (χ1v) is 28.7. The second-order valence-corrected chi connectivity index (χ2v) is 24.3. The number of amides is 1. The van der Waals surface area contributed by atoms with E-state index >= 15 is 0 Å². The van der Waals surface area contributed by atoms with Gasteiger partial charge in [-0.15, -0.1) is 0 Å². The number of alkyl carbamates (subject to hydrolysis) is 1. The fraction of sp³-hybridized carbons (Fsp3) is 0.789. The molecule has 4 fully saturated rings. The summed E-state index contributed by atoms with van der Waals surface area (Å²) in [6, 6.07) is 2.25. The molecule has 454 valence electrons. The minimum absolute atomic E-state index is 0.00708. The standard InChI is InChI=1S/C57H91ClN4O18/c1-15-43-57(10,71)48(65)34(6)61(13)28-30(2)26-55(8,70)49(79-53-46(64)41(60(11)12)23-31(3)75-53)32(4)47(33(5)52(68)77-43)78-44-27-56(9,72-14)50(35(7)76-44)80-54(69)59-19-16-20-73-21-22-74-42-24-37-40(25-39(42)58)62(36-17-18-36)29-38(45(37)63)51(66)67/h24-25,29-36,41,43-44,46-50,53,64-65,70-71H,15-23,26-28H2,1-14H3,(H,59,69)(H,66,67)/t30-,31-,32+,33-,34-,35+,41+,43-,44+,46-,47+,48-,49-,50+,53+,55-,56-,57-/m1/s1. The Hall–Kier alpha value is -3.75. The smallest absolute Gasteiger partial charge is 0.407 e. The summed E-state index contributed by atoms with van der Waals surface area (Å²) in [4.78, 5) is 56.7. The Balaban J connectivity index is 1.13. The van der Waals surface area contributed by atoms with Crippen LogP contribution in [0, 0.1) is 17.8 Å². The highest BCUT2D eigenvalue weighted by Gasteiger charge is 2.54. The first-order valence-electron chi connectivity index (χ1n) is 28.3. The zero-order valence-electron chi connectivity index (χ0n) is 49.2. The molecule has 23 heteroatoms. The summed E-state index contributed by atoms with van der Waals surface area (Å²) in [6.07, 6.45) is -6.56. The molecule has 6 rings (SSSR count). The van der Waals surface area contributed by atoms with Gasteiger partial charge in [-0.2, -0.15) is 0 Å². The molecule has 1 aliphatic carbocycles. The van der Waals surface area contributed by atoms with Gasteiger partial charge >= 0.3 is 18.0 Å². The van der Waals surface area contributed by atoms with Crippen LogP contribution in [-0.2, 0) is 42.7 Å². The molecule has 1 saturated carbocycles. The second kappa shape index (κ2) is 27.3. The van der Waals surface area contributed by atoms with Crippen molar-refractivity contribution in [2.24, 2.45) is 17.8 Å². The van der Waals surface area contributed by atoms with E-state index in [0.29, 0.717) is 24.9 Å². The molecule has 4 heterocycles. The van der Waals surface area contributed by atoms with Gasteiger partial charge in [-0.25, -0.2) is 9.59 Å². The van der Waals surface area contributed by atoms with Gasteiger partial charge in [0.25, 0.3) is 0 Å². The van der Waals surface area contributed by atoms with Crippen molar-refractivity contribution in [2.45, 2.75) is 211 Å². The molecule has 1 aromatic heterocycles. The summed E-state index contributed by atoms with van der Waals surface area (Å²) >= 11 is 6.54. The predicted octanol–water partition coefficient (Wildman–Crippen LogP) is 5.12. The summed E-state index contributed by atoms with van der Waals surface area (Å²) in [5.74, 6) is -4.02. The number of carbonyl (C=O) groups excluding carboxylic acids is 2. The summed E-state index contributed by atoms with van der Waals surface area (Å²) in [6.45, 7) is 18.4. The third-order valence-corrected chi connectivity index (χ3v) is 17.2. The Morgan fingerprint density at radius 3 is 2.26 bits per heavy atom. The number of aromatic carboxylic acids is 1. The molecule has 4 aliphatic rings. The van der Waals surface area contributed by atoms with Crippen LogP contribution in [0.5, 0.6) is 5.75 Å². The molecule has 1 amide bonds. The van der Waals surface area contributed by atoms with Gasteiger partial charge in [-0.3, -0.25) is 9.59 Å². The minimum atomic E-state index is -1.87. The van der Waals surface area contributed by atoms with Crippen molar-refractivity contribution in [3.63, 3.8) is 0 Å². The van der Waals surface area contributed by atoms with Crippen molar-refractivity contribution in [2.75, 3.05) is 61.2 Å². The van der Waals surface area contributed by atoms with Crippen LogP contribution in [0.15, 0.2) is 23.1 Å². The maximum absolute atomic E-state index is 14.6.